The predicted molar refractivity (Wildman–Crippen MR) is 132 cm³/mol. The molecule has 2 N–H and O–H groups in total. The first kappa shape index (κ1) is 27.0. The van der Waals surface area contributed by atoms with Crippen molar-refractivity contribution in [2.24, 2.45) is 0 Å². The number of carbonyl (C=O) groups excluding carboxylic acids is 2. The van der Waals surface area contributed by atoms with Gasteiger partial charge in [0.25, 0.3) is 0 Å². The van der Waals surface area contributed by atoms with Crippen LogP contribution in [0.25, 0.3) is 0 Å². The van der Waals surface area contributed by atoms with E-state index in [4.69, 9.17) is 16.3 Å². The monoisotopic (exact) mass is 519 g/mol. The zero-order chi connectivity index (χ0) is 26.1. The molecular formula is C26H25ClF3N3O3. The van der Waals surface area contributed by atoms with Crippen LogP contribution in [0.3, 0.4) is 0 Å². The molecule has 0 unspecified atom stereocenters. The quantitative estimate of drug-likeness (QED) is 0.296. The van der Waals surface area contributed by atoms with Gasteiger partial charge < -0.3 is 15.4 Å². The molecule has 3 rings (SSSR count). The van der Waals surface area contributed by atoms with Gasteiger partial charge in [0.1, 0.15) is 0 Å². The smallest absolute Gasteiger partial charge is 0.417 e. The van der Waals surface area contributed by atoms with Gasteiger partial charge in [0.05, 0.1) is 28.6 Å². The fraction of sp³-hybridized carbons (Fsp3) is 0.269. The summed E-state index contributed by atoms with van der Waals surface area (Å²) in [5.41, 5.74) is 1.46. The van der Waals surface area contributed by atoms with E-state index >= 15 is 0 Å². The predicted octanol–water partition coefficient (Wildman–Crippen LogP) is 6.56. The lowest BCUT2D eigenvalue weighted by Crippen LogP contribution is -2.15. The summed E-state index contributed by atoms with van der Waals surface area (Å²) in [6.45, 7) is 1.58. The van der Waals surface area contributed by atoms with E-state index in [1.807, 2.05) is 12.1 Å². The molecule has 0 bridgehead atoms. The third-order valence-corrected chi connectivity index (χ3v) is 5.49. The summed E-state index contributed by atoms with van der Waals surface area (Å²) >= 11 is 5.93. The molecule has 36 heavy (non-hydrogen) atoms. The lowest BCUT2D eigenvalue weighted by Gasteiger charge is -2.18. The van der Waals surface area contributed by atoms with Crippen molar-refractivity contribution in [3.63, 3.8) is 0 Å². The minimum absolute atomic E-state index is 0.0338. The largest absolute Gasteiger partial charge is 0.466 e. The summed E-state index contributed by atoms with van der Waals surface area (Å²) in [5, 5.41) is 5.11. The maximum atomic E-state index is 13.5. The molecule has 0 saturated heterocycles. The number of halogens is 4. The van der Waals surface area contributed by atoms with E-state index in [0.29, 0.717) is 24.9 Å². The average molecular weight is 520 g/mol. The number of hydrogen-bond donors (Lipinski definition) is 2. The number of nitrogens with one attached hydrogen (secondary N) is 2. The number of esters is 1. The number of alkyl halides is 3. The highest BCUT2D eigenvalue weighted by Crippen LogP contribution is 2.40. The van der Waals surface area contributed by atoms with Crippen molar-refractivity contribution in [2.75, 3.05) is 17.2 Å². The Labute approximate surface area is 211 Å². The summed E-state index contributed by atoms with van der Waals surface area (Å²) in [4.78, 5) is 27.6. The normalized spacial score (nSPS) is 11.1. The van der Waals surface area contributed by atoms with Crippen LogP contribution >= 0.6 is 11.6 Å². The standard InChI is InChI=1S/C26H25ClF3N3O3/c1-17(34)36-14-12-18-8-10-20(11-9-18)32-24-16-22(27)21(26(28,29)30)15-23(24)33-25(35)7-4-6-19-5-2-3-13-31-19/h2-3,5,8-11,13,15-16,32H,4,6-7,12,14H2,1H3,(H,33,35). The molecule has 190 valence electrons. The molecule has 0 atom stereocenters. The summed E-state index contributed by atoms with van der Waals surface area (Å²) in [5.74, 6) is -0.788. The topological polar surface area (TPSA) is 80.3 Å². The molecule has 1 heterocycles. The van der Waals surface area contributed by atoms with Crippen molar-refractivity contribution in [3.8, 4) is 0 Å². The number of aromatic nitrogens is 1. The number of amides is 1. The molecule has 0 spiro atoms. The SMILES string of the molecule is CC(=O)OCCc1ccc(Nc2cc(Cl)c(C(F)(F)F)cc2NC(=O)CCCc2ccccn2)cc1. The second-order valence-electron chi connectivity index (χ2n) is 8.01. The average Bonchev–Trinajstić information content (AvgIpc) is 2.81. The third kappa shape index (κ3) is 8.27. The Morgan fingerprint density at radius 3 is 2.42 bits per heavy atom. The van der Waals surface area contributed by atoms with Crippen LogP contribution in [0, 0.1) is 0 Å². The first-order valence-electron chi connectivity index (χ1n) is 11.2. The van der Waals surface area contributed by atoms with Gasteiger partial charge in [-0.25, -0.2) is 0 Å². The summed E-state index contributed by atoms with van der Waals surface area (Å²) in [6, 6.07) is 14.5. The van der Waals surface area contributed by atoms with Gasteiger partial charge in [-0.1, -0.05) is 29.8 Å². The number of nitrogens with zero attached hydrogens (tertiary/aromatic N) is 1. The van der Waals surface area contributed by atoms with Gasteiger partial charge in [-0.2, -0.15) is 13.2 Å². The molecule has 3 aromatic rings. The van der Waals surface area contributed by atoms with Gasteiger partial charge in [-0.3, -0.25) is 14.6 Å². The molecule has 0 saturated carbocycles. The van der Waals surface area contributed by atoms with E-state index in [-0.39, 0.29) is 30.4 Å². The van der Waals surface area contributed by atoms with Crippen LogP contribution in [-0.4, -0.2) is 23.5 Å². The van der Waals surface area contributed by atoms with Crippen LogP contribution in [0.5, 0.6) is 0 Å². The van der Waals surface area contributed by atoms with Gasteiger partial charge in [0.2, 0.25) is 5.91 Å². The Morgan fingerprint density at radius 1 is 1.03 bits per heavy atom. The van der Waals surface area contributed by atoms with Crippen molar-refractivity contribution >= 4 is 40.5 Å². The molecule has 10 heteroatoms. The van der Waals surface area contributed by atoms with E-state index in [1.54, 1.807) is 36.5 Å². The van der Waals surface area contributed by atoms with Gasteiger partial charge in [0, 0.05) is 37.3 Å². The van der Waals surface area contributed by atoms with E-state index in [2.05, 4.69) is 15.6 Å². The molecule has 1 amide bonds. The lowest BCUT2D eigenvalue weighted by atomic mass is 10.1. The van der Waals surface area contributed by atoms with E-state index in [9.17, 15) is 22.8 Å². The van der Waals surface area contributed by atoms with Gasteiger partial charge >= 0.3 is 12.1 Å². The van der Waals surface area contributed by atoms with Crippen LogP contribution < -0.4 is 10.6 Å². The number of aryl methyl sites for hydroxylation is 1. The van der Waals surface area contributed by atoms with E-state index in [0.717, 1.165) is 23.4 Å². The number of hydrogen-bond acceptors (Lipinski definition) is 5. The molecule has 6 nitrogen and oxygen atoms in total. The number of anilines is 3. The first-order chi connectivity index (χ1) is 17.1. The van der Waals surface area contributed by atoms with E-state index in [1.165, 1.54) is 6.92 Å². The summed E-state index contributed by atoms with van der Waals surface area (Å²) in [6.07, 6.45) is -1.34. The molecular weight excluding hydrogens is 495 g/mol. The number of benzene rings is 2. The van der Waals surface area contributed by atoms with Crippen LogP contribution in [0.2, 0.25) is 5.02 Å². The second-order valence-corrected chi connectivity index (χ2v) is 8.42. The highest BCUT2D eigenvalue weighted by molar-refractivity contribution is 6.32. The van der Waals surface area contributed by atoms with Crippen molar-refractivity contribution in [3.05, 3.63) is 82.6 Å². The van der Waals surface area contributed by atoms with Crippen LogP contribution in [0.1, 0.15) is 36.6 Å². The van der Waals surface area contributed by atoms with Crippen LogP contribution in [0.15, 0.2) is 60.8 Å². The molecule has 0 fully saturated rings. The number of rotatable bonds is 10. The fourth-order valence-corrected chi connectivity index (χ4v) is 3.68. The number of pyridine rings is 1. The van der Waals surface area contributed by atoms with Crippen LogP contribution in [-0.2, 0) is 33.3 Å². The first-order valence-corrected chi connectivity index (χ1v) is 11.6. The minimum atomic E-state index is -4.68. The van der Waals surface area contributed by atoms with Gasteiger partial charge in [-0.15, -0.1) is 0 Å². The van der Waals surface area contributed by atoms with Crippen molar-refractivity contribution in [1.29, 1.82) is 0 Å². The maximum absolute atomic E-state index is 13.5. The Morgan fingerprint density at radius 2 is 1.78 bits per heavy atom. The minimum Gasteiger partial charge on any atom is -0.466 e. The molecule has 2 aromatic carbocycles. The molecule has 1 aromatic heterocycles. The molecule has 0 aliphatic rings. The second kappa shape index (κ2) is 12.4. The van der Waals surface area contributed by atoms with Crippen LogP contribution in [0.4, 0.5) is 30.2 Å². The van der Waals surface area contributed by atoms with Crippen molar-refractivity contribution < 1.29 is 27.5 Å². The van der Waals surface area contributed by atoms with Gasteiger partial charge in [0.15, 0.2) is 0 Å². The van der Waals surface area contributed by atoms with Crippen molar-refractivity contribution in [2.45, 2.75) is 38.8 Å². The van der Waals surface area contributed by atoms with E-state index < -0.39 is 22.7 Å². The summed E-state index contributed by atoms with van der Waals surface area (Å²) < 4.78 is 45.3. The number of carbonyl (C=O) groups is 2. The molecule has 0 aliphatic carbocycles. The summed E-state index contributed by atoms with van der Waals surface area (Å²) in [7, 11) is 0. The molecule has 0 radical (unpaired) electrons. The third-order valence-electron chi connectivity index (χ3n) is 5.18. The maximum Gasteiger partial charge on any atom is 0.417 e. The zero-order valence-corrected chi connectivity index (χ0v) is 20.2. The van der Waals surface area contributed by atoms with Crippen molar-refractivity contribution in [1.82, 2.24) is 4.98 Å². The highest BCUT2D eigenvalue weighted by Gasteiger charge is 2.34. The zero-order valence-electron chi connectivity index (χ0n) is 19.5. The molecule has 0 aliphatic heterocycles. The Kier molecular flexibility index (Phi) is 9.30. The Hall–Kier alpha value is -3.59. The number of ether oxygens (including phenoxy) is 1. The highest BCUT2D eigenvalue weighted by atomic mass is 35.5. The van der Waals surface area contributed by atoms with Gasteiger partial charge in [-0.05, 0) is 54.8 Å². The Balaban J connectivity index is 1.73. The Bertz CT molecular complexity index is 1190. The lowest BCUT2D eigenvalue weighted by molar-refractivity contribution is -0.141. The fourth-order valence-electron chi connectivity index (χ4n) is 3.41.